The Kier molecular flexibility index (Phi) is 6.92. The molecule has 0 bridgehead atoms. The van der Waals surface area contributed by atoms with Crippen LogP contribution < -0.4 is 0 Å². The van der Waals surface area contributed by atoms with Crippen LogP contribution in [0.25, 0.3) is 0 Å². The van der Waals surface area contributed by atoms with E-state index in [0.717, 1.165) is 30.3 Å². The van der Waals surface area contributed by atoms with Crippen molar-refractivity contribution in [1.82, 2.24) is 0 Å². The van der Waals surface area contributed by atoms with Crippen LogP contribution in [0.5, 0.6) is 0 Å². The average molecular weight is 344 g/mol. The van der Waals surface area contributed by atoms with E-state index in [1.807, 2.05) is 36.4 Å². The average Bonchev–Trinajstić information content (AvgIpc) is 2.90. The summed E-state index contributed by atoms with van der Waals surface area (Å²) in [7, 11) is 1.38. The van der Waals surface area contributed by atoms with Gasteiger partial charge in [0, 0.05) is 25.2 Å². The number of carbonyl (C=O) groups is 3. The summed E-state index contributed by atoms with van der Waals surface area (Å²) in [6.45, 7) is 1.39. The van der Waals surface area contributed by atoms with Crippen LogP contribution >= 0.6 is 0 Å². The Bertz CT molecular complexity index is 649. The predicted molar refractivity (Wildman–Crippen MR) is 92.9 cm³/mol. The van der Waals surface area contributed by atoms with E-state index in [2.05, 4.69) is 4.74 Å². The summed E-state index contributed by atoms with van der Waals surface area (Å²) in [6.07, 6.45) is 7.05. The lowest BCUT2D eigenvalue weighted by Gasteiger charge is -2.21. The Labute approximate surface area is 148 Å². The van der Waals surface area contributed by atoms with Crippen molar-refractivity contribution in [1.29, 1.82) is 0 Å². The maximum absolute atomic E-state index is 11.6. The first-order valence-electron chi connectivity index (χ1n) is 8.51. The van der Waals surface area contributed by atoms with E-state index >= 15 is 0 Å². The molecule has 5 nitrogen and oxygen atoms in total. The minimum atomic E-state index is -0.399. The molecule has 0 spiro atoms. The van der Waals surface area contributed by atoms with E-state index in [1.165, 1.54) is 14.0 Å². The summed E-state index contributed by atoms with van der Waals surface area (Å²) in [5, 5.41) is 0. The van der Waals surface area contributed by atoms with Gasteiger partial charge < -0.3 is 14.3 Å². The van der Waals surface area contributed by atoms with Gasteiger partial charge >= 0.3 is 11.9 Å². The second-order valence-electron chi connectivity index (χ2n) is 6.16. The molecule has 0 heterocycles. The monoisotopic (exact) mass is 344 g/mol. The molecule has 1 aliphatic carbocycles. The van der Waals surface area contributed by atoms with Crippen LogP contribution in [0, 0.1) is 5.92 Å². The molecule has 0 amide bonds. The first-order chi connectivity index (χ1) is 12.1. The summed E-state index contributed by atoms with van der Waals surface area (Å²) in [5.41, 5.74) is 1.85. The minimum Gasteiger partial charge on any atom is -0.469 e. The lowest BCUT2D eigenvalue weighted by Crippen LogP contribution is -2.17. The van der Waals surface area contributed by atoms with Crippen molar-refractivity contribution in [2.45, 2.75) is 44.6 Å². The number of benzene rings is 1. The van der Waals surface area contributed by atoms with Crippen LogP contribution in [-0.4, -0.2) is 25.3 Å². The SMILES string of the molecule is COC(=O)CCC/C=C\CC1C(C=O)c2ccccc2C1OC(C)=O. The van der Waals surface area contributed by atoms with Crippen molar-refractivity contribution in [2.24, 2.45) is 5.92 Å². The quantitative estimate of drug-likeness (QED) is 0.312. The third kappa shape index (κ3) is 4.78. The van der Waals surface area contributed by atoms with Crippen molar-refractivity contribution in [2.75, 3.05) is 7.11 Å². The zero-order valence-corrected chi connectivity index (χ0v) is 14.6. The zero-order valence-electron chi connectivity index (χ0n) is 14.6. The molecular formula is C20H24O5. The molecule has 0 radical (unpaired) electrons. The molecule has 0 aromatic heterocycles. The van der Waals surface area contributed by atoms with Crippen LogP contribution in [0.1, 0.15) is 55.8 Å². The van der Waals surface area contributed by atoms with Gasteiger partial charge in [0.2, 0.25) is 0 Å². The smallest absolute Gasteiger partial charge is 0.305 e. The Morgan fingerprint density at radius 1 is 1.16 bits per heavy atom. The molecular weight excluding hydrogens is 320 g/mol. The van der Waals surface area contributed by atoms with Crippen LogP contribution in [0.3, 0.4) is 0 Å². The lowest BCUT2D eigenvalue weighted by molar-refractivity contribution is -0.149. The number of fused-ring (bicyclic) bond motifs is 1. The summed E-state index contributed by atoms with van der Waals surface area (Å²) >= 11 is 0. The van der Waals surface area contributed by atoms with E-state index in [9.17, 15) is 14.4 Å². The number of aldehydes is 1. The molecule has 0 N–H and O–H groups in total. The second kappa shape index (κ2) is 9.16. The highest BCUT2D eigenvalue weighted by molar-refractivity contribution is 5.70. The molecule has 1 aromatic carbocycles. The van der Waals surface area contributed by atoms with Gasteiger partial charge in [-0.2, -0.15) is 0 Å². The predicted octanol–water partition coefficient (Wildman–Crippen LogP) is 3.49. The van der Waals surface area contributed by atoms with Gasteiger partial charge in [0.05, 0.1) is 7.11 Å². The fourth-order valence-corrected chi connectivity index (χ4v) is 3.33. The number of esters is 2. The summed E-state index contributed by atoms with van der Waals surface area (Å²) in [4.78, 5) is 34.2. The van der Waals surface area contributed by atoms with Crippen LogP contribution in [0.15, 0.2) is 36.4 Å². The maximum atomic E-state index is 11.6. The molecule has 0 saturated heterocycles. The van der Waals surface area contributed by atoms with Gasteiger partial charge in [-0.25, -0.2) is 0 Å². The highest BCUT2D eigenvalue weighted by Crippen LogP contribution is 2.48. The number of hydrogen-bond donors (Lipinski definition) is 0. The molecule has 3 unspecified atom stereocenters. The fraction of sp³-hybridized carbons (Fsp3) is 0.450. The first kappa shape index (κ1) is 18.9. The maximum Gasteiger partial charge on any atom is 0.305 e. The molecule has 0 fully saturated rings. The molecule has 3 atom stereocenters. The normalized spacial score (nSPS) is 21.8. The number of methoxy groups -OCH3 is 1. The molecule has 5 heteroatoms. The van der Waals surface area contributed by atoms with Crippen LogP contribution in [-0.2, 0) is 23.9 Å². The number of hydrogen-bond acceptors (Lipinski definition) is 5. The van der Waals surface area contributed by atoms with Crippen molar-refractivity contribution < 1.29 is 23.9 Å². The van der Waals surface area contributed by atoms with E-state index in [0.29, 0.717) is 12.8 Å². The zero-order chi connectivity index (χ0) is 18.2. The highest BCUT2D eigenvalue weighted by atomic mass is 16.5. The molecule has 134 valence electrons. The standard InChI is InChI=1S/C20H24O5/c1-14(22)25-20-16-11-8-7-9-15(16)18(13-21)17(20)10-5-3-4-6-12-19(23)24-2/h3,5,7-9,11,13,17-18,20H,4,6,10,12H2,1-2H3/b5-3-. The summed E-state index contributed by atoms with van der Waals surface area (Å²) in [6, 6.07) is 7.62. The van der Waals surface area contributed by atoms with Crippen molar-refractivity contribution in [3.05, 3.63) is 47.5 Å². The molecule has 25 heavy (non-hydrogen) atoms. The number of ether oxygens (including phenoxy) is 2. The largest absolute Gasteiger partial charge is 0.469 e. The highest BCUT2D eigenvalue weighted by Gasteiger charge is 2.41. The number of allylic oxidation sites excluding steroid dienone is 2. The van der Waals surface area contributed by atoms with Gasteiger partial charge in [-0.3, -0.25) is 9.59 Å². The van der Waals surface area contributed by atoms with E-state index < -0.39 is 6.10 Å². The van der Waals surface area contributed by atoms with E-state index in [4.69, 9.17) is 4.74 Å². The van der Waals surface area contributed by atoms with Crippen molar-refractivity contribution in [3.63, 3.8) is 0 Å². The van der Waals surface area contributed by atoms with Crippen LogP contribution in [0.4, 0.5) is 0 Å². The summed E-state index contributed by atoms with van der Waals surface area (Å²) < 4.78 is 10.1. The Hall–Kier alpha value is -2.43. The van der Waals surface area contributed by atoms with Gasteiger partial charge in [0.1, 0.15) is 12.4 Å². The third-order valence-corrected chi connectivity index (χ3v) is 4.51. The Balaban J connectivity index is 2.03. The van der Waals surface area contributed by atoms with Crippen molar-refractivity contribution >= 4 is 18.2 Å². The van der Waals surface area contributed by atoms with Gasteiger partial charge in [-0.1, -0.05) is 36.4 Å². The van der Waals surface area contributed by atoms with Gasteiger partial charge in [0.15, 0.2) is 0 Å². The summed E-state index contributed by atoms with van der Waals surface area (Å²) in [5.74, 6) is -0.940. The molecule has 2 rings (SSSR count). The van der Waals surface area contributed by atoms with Crippen LogP contribution in [0.2, 0.25) is 0 Å². The third-order valence-electron chi connectivity index (χ3n) is 4.51. The van der Waals surface area contributed by atoms with Crippen molar-refractivity contribution in [3.8, 4) is 0 Å². The number of carbonyl (C=O) groups excluding carboxylic acids is 3. The Morgan fingerprint density at radius 2 is 1.88 bits per heavy atom. The van der Waals surface area contributed by atoms with Gasteiger partial charge in [-0.05, 0) is 30.4 Å². The molecule has 1 aromatic rings. The fourth-order valence-electron chi connectivity index (χ4n) is 3.33. The minimum absolute atomic E-state index is 0.101. The lowest BCUT2D eigenvalue weighted by atomic mass is 9.89. The molecule has 0 saturated carbocycles. The van der Waals surface area contributed by atoms with E-state index in [1.54, 1.807) is 0 Å². The molecule has 1 aliphatic rings. The van der Waals surface area contributed by atoms with Gasteiger partial charge in [-0.15, -0.1) is 0 Å². The topological polar surface area (TPSA) is 69.7 Å². The number of rotatable bonds is 8. The Morgan fingerprint density at radius 3 is 2.52 bits per heavy atom. The van der Waals surface area contributed by atoms with E-state index in [-0.39, 0.29) is 23.8 Å². The number of unbranched alkanes of at least 4 members (excludes halogenated alkanes) is 1. The second-order valence-corrected chi connectivity index (χ2v) is 6.16. The first-order valence-corrected chi connectivity index (χ1v) is 8.51. The van der Waals surface area contributed by atoms with Gasteiger partial charge in [0.25, 0.3) is 0 Å². The molecule has 0 aliphatic heterocycles.